The van der Waals surface area contributed by atoms with Crippen molar-refractivity contribution < 1.29 is 14.6 Å². The molecule has 1 aliphatic heterocycles. The normalized spacial score (nSPS) is 16.6. The second-order valence-electron chi connectivity index (χ2n) is 9.87. The minimum Gasteiger partial charge on any atom is -0.389 e. The number of benzene rings is 1. The van der Waals surface area contributed by atoms with Crippen molar-refractivity contribution in [1.82, 2.24) is 14.4 Å². The largest absolute Gasteiger partial charge is 0.389 e. The van der Waals surface area contributed by atoms with E-state index in [1.807, 2.05) is 0 Å². The van der Waals surface area contributed by atoms with Gasteiger partial charge in [-0.25, -0.2) is 0 Å². The molecule has 1 N–H and O–H groups in total. The number of aromatic nitrogens is 1. The molecule has 178 valence electrons. The highest BCUT2D eigenvalue weighted by Crippen LogP contribution is 2.22. The standard InChI is InChI=1S/C26H41N3O3/c1-26(2,3)23-9-7-22(8-10-23)18-29-11-5-6-24(29)19-28(20-25(30)21-31-4)13-12-27-14-16-32-17-15-27/h5-11,25,30H,12-21H2,1-4H3. The summed E-state index contributed by atoms with van der Waals surface area (Å²) in [6, 6.07) is 13.3. The molecule has 1 aliphatic rings. The van der Waals surface area contributed by atoms with Crippen LogP contribution in [-0.2, 0) is 28.0 Å². The third-order valence-electron chi connectivity index (χ3n) is 6.15. The number of rotatable bonds is 11. The van der Waals surface area contributed by atoms with Crippen LogP contribution in [0.2, 0.25) is 0 Å². The van der Waals surface area contributed by atoms with Gasteiger partial charge < -0.3 is 19.1 Å². The number of hydrogen-bond donors (Lipinski definition) is 1. The van der Waals surface area contributed by atoms with Gasteiger partial charge in [0.25, 0.3) is 0 Å². The van der Waals surface area contributed by atoms with E-state index in [0.717, 1.165) is 52.5 Å². The molecule has 1 aromatic carbocycles. The Bertz CT molecular complexity index is 791. The zero-order valence-corrected chi connectivity index (χ0v) is 20.3. The number of nitrogens with zero attached hydrogens (tertiary/aromatic N) is 3. The van der Waals surface area contributed by atoms with Gasteiger partial charge in [0.15, 0.2) is 0 Å². The monoisotopic (exact) mass is 443 g/mol. The van der Waals surface area contributed by atoms with Gasteiger partial charge >= 0.3 is 0 Å². The van der Waals surface area contributed by atoms with Crippen molar-refractivity contribution in [3.8, 4) is 0 Å². The molecule has 0 spiro atoms. The summed E-state index contributed by atoms with van der Waals surface area (Å²) in [6.07, 6.45) is 1.66. The summed E-state index contributed by atoms with van der Waals surface area (Å²) in [5.74, 6) is 0. The van der Waals surface area contributed by atoms with Gasteiger partial charge in [0.05, 0.1) is 25.9 Å². The maximum Gasteiger partial charge on any atom is 0.0900 e. The summed E-state index contributed by atoms with van der Waals surface area (Å²) >= 11 is 0. The first-order valence-corrected chi connectivity index (χ1v) is 11.8. The molecule has 1 saturated heterocycles. The number of ether oxygens (including phenoxy) is 2. The molecule has 32 heavy (non-hydrogen) atoms. The van der Waals surface area contributed by atoms with E-state index in [9.17, 15) is 5.11 Å². The molecule has 6 heteroatoms. The van der Waals surface area contributed by atoms with Crippen molar-refractivity contribution in [3.05, 3.63) is 59.4 Å². The lowest BCUT2D eigenvalue weighted by atomic mass is 9.87. The minimum atomic E-state index is -0.488. The molecular weight excluding hydrogens is 402 g/mol. The van der Waals surface area contributed by atoms with Gasteiger partial charge in [-0.1, -0.05) is 45.0 Å². The quantitative estimate of drug-likeness (QED) is 0.579. The third-order valence-corrected chi connectivity index (χ3v) is 6.15. The van der Waals surface area contributed by atoms with Crippen molar-refractivity contribution in [1.29, 1.82) is 0 Å². The van der Waals surface area contributed by atoms with Crippen LogP contribution in [0.4, 0.5) is 0 Å². The number of morpholine rings is 1. The summed E-state index contributed by atoms with van der Waals surface area (Å²) < 4.78 is 12.9. The molecule has 1 unspecified atom stereocenters. The van der Waals surface area contributed by atoms with Gasteiger partial charge in [-0.15, -0.1) is 0 Å². The number of hydrogen-bond acceptors (Lipinski definition) is 5. The van der Waals surface area contributed by atoms with Crippen molar-refractivity contribution in [2.24, 2.45) is 0 Å². The van der Waals surface area contributed by atoms with E-state index in [-0.39, 0.29) is 5.41 Å². The Morgan fingerprint density at radius 1 is 1.12 bits per heavy atom. The maximum atomic E-state index is 10.4. The van der Waals surface area contributed by atoms with E-state index in [1.165, 1.54) is 16.8 Å². The van der Waals surface area contributed by atoms with E-state index in [4.69, 9.17) is 9.47 Å². The molecular formula is C26H41N3O3. The molecule has 0 amide bonds. The number of aliphatic hydroxyl groups is 1. The lowest BCUT2D eigenvalue weighted by molar-refractivity contribution is 0.0178. The molecule has 1 aromatic heterocycles. The molecule has 6 nitrogen and oxygen atoms in total. The van der Waals surface area contributed by atoms with Crippen molar-refractivity contribution >= 4 is 0 Å². The molecule has 0 bridgehead atoms. The first-order chi connectivity index (χ1) is 15.3. The highest BCUT2D eigenvalue weighted by molar-refractivity contribution is 5.28. The van der Waals surface area contributed by atoms with Crippen molar-refractivity contribution in [3.63, 3.8) is 0 Å². The lowest BCUT2D eigenvalue weighted by Crippen LogP contribution is -2.43. The van der Waals surface area contributed by atoms with Crippen molar-refractivity contribution in [2.45, 2.75) is 45.4 Å². The predicted molar refractivity (Wildman–Crippen MR) is 129 cm³/mol. The van der Waals surface area contributed by atoms with Crippen LogP contribution in [0.1, 0.15) is 37.6 Å². The highest BCUT2D eigenvalue weighted by Gasteiger charge is 2.17. The molecule has 3 rings (SSSR count). The summed E-state index contributed by atoms with van der Waals surface area (Å²) in [6.45, 7) is 14.8. The van der Waals surface area contributed by atoms with Crippen LogP contribution in [-0.4, -0.2) is 85.2 Å². The Kier molecular flexibility index (Phi) is 9.32. The maximum absolute atomic E-state index is 10.4. The summed E-state index contributed by atoms with van der Waals surface area (Å²) in [5, 5.41) is 10.4. The fourth-order valence-electron chi connectivity index (χ4n) is 4.17. The molecule has 2 aromatic rings. The van der Waals surface area contributed by atoms with Gasteiger partial charge in [0.1, 0.15) is 0 Å². The summed E-state index contributed by atoms with van der Waals surface area (Å²) in [4.78, 5) is 4.78. The van der Waals surface area contributed by atoms with Crippen LogP contribution >= 0.6 is 0 Å². The molecule has 1 fully saturated rings. The summed E-state index contributed by atoms with van der Waals surface area (Å²) in [5.41, 5.74) is 4.09. The van der Waals surface area contributed by atoms with Crippen molar-refractivity contribution in [2.75, 3.05) is 59.7 Å². The Morgan fingerprint density at radius 3 is 2.50 bits per heavy atom. The molecule has 2 heterocycles. The van der Waals surface area contributed by atoms with Gasteiger partial charge in [0, 0.05) is 64.8 Å². The van der Waals surface area contributed by atoms with Crippen LogP contribution in [0, 0.1) is 0 Å². The highest BCUT2D eigenvalue weighted by atomic mass is 16.5. The van der Waals surface area contributed by atoms with E-state index < -0.39 is 6.10 Å². The fourth-order valence-corrected chi connectivity index (χ4v) is 4.17. The first-order valence-electron chi connectivity index (χ1n) is 11.8. The molecule has 0 aliphatic carbocycles. The predicted octanol–water partition coefficient (Wildman–Crippen LogP) is 2.98. The Balaban J connectivity index is 1.64. The third kappa shape index (κ3) is 7.71. The second-order valence-corrected chi connectivity index (χ2v) is 9.87. The topological polar surface area (TPSA) is 50.1 Å². The van der Waals surface area contributed by atoms with E-state index in [2.05, 4.69) is 77.7 Å². The van der Waals surface area contributed by atoms with E-state index in [0.29, 0.717) is 13.2 Å². The molecule has 0 radical (unpaired) electrons. The Morgan fingerprint density at radius 2 is 1.84 bits per heavy atom. The van der Waals surface area contributed by atoms with Gasteiger partial charge in [0.2, 0.25) is 0 Å². The fraction of sp³-hybridized carbons (Fsp3) is 0.615. The number of aliphatic hydroxyl groups excluding tert-OH is 1. The SMILES string of the molecule is COCC(O)CN(CCN1CCOCC1)Cc1cccn1Cc1ccc(C(C)(C)C)cc1. The average molecular weight is 444 g/mol. The summed E-state index contributed by atoms with van der Waals surface area (Å²) in [7, 11) is 1.64. The van der Waals surface area contributed by atoms with Gasteiger partial charge in [-0.3, -0.25) is 9.80 Å². The average Bonchev–Trinajstić information content (AvgIpc) is 3.19. The van der Waals surface area contributed by atoms with E-state index in [1.54, 1.807) is 7.11 Å². The zero-order valence-electron chi connectivity index (χ0n) is 20.3. The van der Waals surface area contributed by atoms with E-state index >= 15 is 0 Å². The van der Waals surface area contributed by atoms with Gasteiger partial charge in [-0.05, 0) is 28.7 Å². The van der Waals surface area contributed by atoms with Crippen LogP contribution in [0.25, 0.3) is 0 Å². The molecule has 0 saturated carbocycles. The van der Waals surface area contributed by atoms with Gasteiger partial charge in [-0.2, -0.15) is 0 Å². The molecule has 1 atom stereocenters. The number of methoxy groups -OCH3 is 1. The van der Waals surface area contributed by atoms with Crippen LogP contribution < -0.4 is 0 Å². The lowest BCUT2D eigenvalue weighted by Gasteiger charge is -2.31. The Hall–Kier alpha value is -1.70. The smallest absolute Gasteiger partial charge is 0.0900 e. The zero-order chi connectivity index (χ0) is 23.0. The first kappa shape index (κ1) is 24.9. The van der Waals surface area contributed by atoms with Crippen LogP contribution in [0.15, 0.2) is 42.6 Å². The minimum absolute atomic E-state index is 0.168. The Labute approximate surface area is 193 Å². The van der Waals surface area contributed by atoms with Crippen LogP contribution in [0.5, 0.6) is 0 Å². The van der Waals surface area contributed by atoms with Crippen LogP contribution in [0.3, 0.4) is 0 Å². The second kappa shape index (κ2) is 12.0.